The monoisotopic (exact) mass is 396 g/mol. The fourth-order valence-corrected chi connectivity index (χ4v) is 3.62. The van der Waals surface area contributed by atoms with Crippen LogP contribution in [0.15, 0.2) is 53.4 Å². The van der Waals surface area contributed by atoms with E-state index >= 15 is 0 Å². The molecule has 0 amide bonds. The average Bonchev–Trinajstić information content (AvgIpc) is 3.01. The van der Waals surface area contributed by atoms with Gasteiger partial charge in [-0.2, -0.15) is 0 Å². The molecule has 3 N–H and O–H groups in total. The summed E-state index contributed by atoms with van der Waals surface area (Å²) in [6, 6.07) is 12.5. The quantitative estimate of drug-likeness (QED) is 0.662. The van der Waals surface area contributed by atoms with Crippen molar-refractivity contribution in [1.82, 2.24) is 10.2 Å². The summed E-state index contributed by atoms with van der Waals surface area (Å²) in [4.78, 5) is 0.120. The fraction of sp³-hybridized carbons (Fsp3) is 0.0667. The van der Waals surface area contributed by atoms with Crippen molar-refractivity contribution in [2.75, 3.05) is 10.5 Å². The molecule has 7 nitrogen and oxygen atoms in total. The second kappa shape index (κ2) is 7.26. The largest absolute Gasteiger partial charge is 0.486 e. The van der Waals surface area contributed by atoms with Crippen LogP contribution in [0.3, 0.4) is 0 Å². The first-order valence-corrected chi connectivity index (χ1v) is 9.69. The van der Waals surface area contributed by atoms with Gasteiger partial charge in [-0.05, 0) is 48.5 Å². The van der Waals surface area contributed by atoms with E-state index in [0.29, 0.717) is 26.6 Å². The molecule has 3 aromatic rings. The first kappa shape index (κ1) is 17.5. The molecule has 0 fully saturated rings. The number of aromatic nitrogens is 2. The number of nitrogens with two attached hydrogens (primary N) is 1. The van der Waals surface area contributed by atoms with Crippen LogP contribution < -0.4 is 15.2 Å². The maximum atomic E-state index is 12.4. The number of ether oxygens (including phenoxy) is 1. The molecule has 0 aliphatic heterocycles. The summed E-state index contributed by atoms with van der Waals surface area (Å²) >= 11 is 7.02. The van der Waals surface area contributed by atoms with Gasteiger partial charge in [0.1, 0.15) is 12.4 Å². The molecule has 1 aromatic heterocycles. The molecule has 0 atom stereocenters. The van der Waals surface area contributed by atoms with Gasteiger partial charge in [-0.15, -0.1) is 10.2 Å². The van der Waals surface area contributed by atoms with Crippen LogP contribution >= 0.6 is 22.9 Å². The van der Waals surface area contributed by atoms with Crippen molar-refractivity contribution in [2.24, 2.45) is 0 Å². The first-order chi connectivity index (χ1) is 11.9. The lowest BCUT2D eigenvalue weighted by atomic mass is 10.3. The van der Waals surface area contributed by atoms with E-state index in [2.05, 4.69) is 14.9 Å². The zero-order chi connectivity index (χ0) is 17.9. The van der Waals surface area contributed by atoms with Gasteiger partial charge in [0.25, 0.3) is 10.0 Å². The highest BCUT2D eigenvalue weighted by Gasteiger charge is 2.14. The topological polar surface area (TPSA) is 107 Å². The Morgan fingerprint density at radius 3 is 2.36 bits per heavy atom. The third-order valence-electron chi connectivity index (χ3n) is 3.08. The van der Waals surface area contributed by atoms with Crippen molar-refractivity contribution in [2.45, 2.75) is 11.5 Å². The van der Waals surface area contributed by atoms with Gasteiger partial charge < -0.3 is 10.5 Å². The van der Waals surface area contributed by atoms with E-state index in [0.717, 1.165) is 0 Å². The Labute approximate surface area is 153 Å². The SMILES string of the molecule is Nc1nnc(COc2ccc(S(=O)(=O)Nc3ccc(Cl)cc3)cc2)s1. The van der Waals surface area contributed by atoms with E-state index in [1.807, 2.05) is 0 Å². The fourth-order valence-electron chi connectivity index (χ4n) is 1.92. The lowest BCUT2D eigenvalue weighted by Gasteiger charge is -2.09. The van der Waals surface area contributed by atoms with Crippen LogP contribution in [-0.2, 0) is 16.6 Å². The van der Waals surface area contributed by atoms with E-state index in [1.54, 1.807) is 36.4 Å². The Morgan fingerprint density at radius 2 is 1.76 bits per heavy atom. The average molecular weight is 397 g/mol. The Hall–Kier alpha value is -2.36. The first-order valence-electron chi connectivity index (χ1n) is 7.01. The summed E-state index contributed by atoms with van der Waals surface area (Å²) in [5.74, 6) is 0.513. The van der Waals surface area contributed by atoms with Crippen molar-refractivity contribution in [3.05, 3.63) is 58.6 Å². The van der Waals surface area contributed by atoms with Crippen molar-refractivity contribution in [3.63, 3.8) is 0 Å². The summed E-state index contributed by atoms with van der Waals surface area (Å²) in [7, 11) is -3.69. The third-order valence-corrected chi connectivity index (χ3v) is 5.45. The molecule has 0 saturated carbocycles. The molecule has 25 heavy (non-hydrogen) atoms. The number of hydrogen-bond donors (Lipinski definition) is 2. The normalized spacial score (nSPS) is 11.2. The van der Waals surface area contributed by atoms with Crippen LogP contribution in [0.25, 0.3) is 0 Å². The van der Waals surface area contributed by atoms with Crippen LogP contribution in [0.5, 0.6) is 5.75 Å². The smallest absolute Gasteiger partial charge is 0.261 e. The standard InChI is InChI=1S/C15H13ClN4O3S2/c16-10-1-3-11(4-2-10)20-25(21,22)13-7-5-12(6-8-13)23-9-14-18-19-15(17)24-14/h1-8,20H,9H2,(H2,17,19). The molecule has 3 rings (SSSR count). The van der Waals surface area contributed by atoms with Crippen molar-refractivity contribution < 1.29 is 13.2 Å². The van der Waals surface area contributed by atoms with E-state index in [4.69, 9.17) is 22.1 Å². The molecule has 0 unspecified atom stereocenters. The minimum atomic E-state index is -3.69. The number of anilines is 2. The van der Waals surface area contributed by atoms with Gasteiger partial charge in [0.2, 0.25) is 5.13 Å². The van der Waals surface area contributed by atoms with E-state index in [1.165, 1.54) is 23.5 Å². The summed E-state index contributed by atoms with van der Waals surface area (Å²) in [5.41, 5.74) is 5.92. The molecule has 0 aliphatic carbocycles. The molecular weight excluding hydrogens is 384 g/mol. The summed E-state index contributed by atoms with van der Waals surface area (Å²) in [6.07, 6.45) is 0. The number of nitrogens with one attached hydrogen (secondary N) is 1. The van der Waals surface area contributed by atoms with Gasteiger partial charge in [-0.1, -0.05) is 22.9 Å². The minimum absolute atomic E-state index is 0.120. The lowest BCUT2D eigenvalue weighted by molar-refractivity contribution is 0.304. The Kier molecular flexibility index (Phi) is 5.07. The molecule has 0 spiro atoms. The van der Waals surface area contributed by atoms with Crippen LogP contribution in [0.2, 0.25) is 5.02 Å². The molecule has 0 bridgehead atoms. The highest BCUT2D eigenvalue weighted by molar-refractivity contribution is 7.92. The number of rotatable bonds is 6. The van der Waals surface area contributed by atoms with Gasteiger partial charge in [0, 0.05) is 10.7 Å². The summed E-state index contributed by atoms with van der Waals surface area (Å²) in [6.45, 7) is 0.212. The van der Waals surface area contributed by atoms with Crippen LogP contribution in [0.4, 0.5) is 10.8 Å². The number of hydrogen-bond acceptors (Lipinski definition) is 7. The maximum absolute atomic E-state index is 12.4. The molecule has 0 aliphatic rings. The Bertz CT molecular complexity index is 957. The van der Waals surface area contributed by atoms with Crippen LogP contribution in [-0.4, -0.2) is 18.6 Å². The highest BCUT2D eigenvalue weighted by atomic mass is 35.5. The molecule has 1 heterocycles. The second-order valence-corrected chi connectivity index (χ2v) is 8.12. The second-order valence-electron chi connectivity index (χ2n) is 4.91. The predicted molar refractivity (Wildman–Crippen MR) is 97.4 cm³/mol. The number of halogens is 1. The van der Waals surface area contributed by atoms with Crippen LogP contribution in [0.1, 0.15) is 5.01 Å². The number of nitrogens with zero attached hydrogens (tertiary/aromatic N) is 2. The summed E-state index contributed by atoms with van der Waals surface area (Å²) in [5, 5.41) is 9.07. The molecule has 0 saturated heterocycles. The summed E-state index contributed by atoms with van der Waals surface area (Å²) < 4.78 is 32.7. The van der Waals surface area contributed by atoms with Crippen LogP contribution in [0, 0.1) is 0 Å². The molecule has 2 aromatic carbocycles. The zero-order valence-corrected chi connectivity index (χ0v) is 15.1. The van der Waals surface area contributed by atoms with Crippen molar-refractivity contribution in [3.8, 4) is 5.75 Å². The highest BCUT2D eigenvalue weighted by Crippen LogP contribution is 2.21. The van der Waals surface area contributed by atoms with Crippen molar-refractivity contribution in [1.29, 1.82) is 0 Å². The van der Waals surface area contributed by atoms with E-state index in [9.17, 15) is 8.42 Å². The number of sulfonamides is 1. The van der Waals surface area contributed by atoms with Gasteiger partial charge in [0.05, 0.1) is 4.90 Å². The maximum Gasteiger partial charge on any atom is 0.261 e. The molecule has 130 valence electrons. The Balaban J connectivity index is 1.67. The number of benzene rings is 2. The zero-order valence-electron chi connectivity index (χ0n) is 12.7. The van der Waals surface area contributed by atoms with Crippen molar-refractivity contribution >= 4 is 43.8 Å². The molecular formula is C15H13ClN4O3S2. The molecule has 10 heteroatoms. The van der Waals surface area contributed by atoms with Gasteiger partial charge >= 0.3 is 0 Å². The minimum Gasteiger partial charge on any atom is -0.486 e. The predicted octanol–water partition coefficient (Wildman–Crippen LogP) is 3.15. The molecule has 0 radical (unpaired) electrons. The van der Waals surface area contributed by atoms with Gasteiger partial charge in [-0.25, -0.2) is 8.42 Å². The van der Waals surface area contributed by atoms with E-state index in [-0.39, 0.29) is 11.5 Å². The number of nitrogen functional groups attached to an aromatic ring is 1. The Morgan fingerprint density at radius 1 is 1.08 bits per heavy atom. The van der Waals surface area contributed by atoms with Gasteiger partial charge in [-0.3, -0.25) is 4.72 Å². The third kappa shape index (κ3) is 4.59. The van der Waals surface area contributed by atoms with E-state index < -0.39 is 10.0 Å². The lowest BCUT2D eigenvalue weighted by Crippen LogP contribution is -2.12. The van der Waals surface area contributed by atoms with Gasteiger partial charge in [0.15, 0.2) is 5.01 Å².